The van der Waals surface area contributed by atoms with Crippen LogP contribution in [-0.2, 0) is 27.2 Å². The molecule has 1 fully saturated rings. The molecule has 0 heterocycles. The van der Waals surface area contributed by atoms with Crippen molar-refractivity contribution in [1.82, 2.24) is 4.90 Å². The van der Waals surface area contributed by atoms with E-state index in [0.717, 1.165) is 5.69 Å². The van der Waals surface area contributed by atoms with E-state index in [4.69, 9.17) is 11.5 Å². The van der Waals surface area contributed by atoms with Crippen LogP contribution in [0.5, 0.6) is 5.75 Å². The Balaban J connectivity index is 1.97. The van der Waals surface area contributed by atoms with E-state index in [-0.39, 0.29) is 29.7 Å². The molecule has 4 rings (SSSR count). The summed E-state index contributed by atoms with van der Waals surface area (Å²) in [5.74, 6) is -6.69. The van der Waals surface area contributed by atoms with E-state index < -0.39 is 58.0 Å². The number of aryl methyl sites for hydroxylation is 1. The Morgan fingerprint density at radius 3 is 2.32 bits per heavy atom. The number of anilines is 1. The maximum absolute atomic E-state index is 14.0. The average molecular weight is 527 g/mol. The molecule has 0 aromatic heterocycles. The van der Waals surface area contributed by atoms with Gasteiger partial charge in [0.15, 0.2) is 11.4 Å². The monoisotopic (exact) mass is 526 g/mol. The fraction of sp³-hybridized carbons (Fsp3) is 0.444. The molecule has 0 spiro atoms. The lowest BCUT2D eigenvalue weighted by Gasteiger charge is -2.50. The second-order valence-electron chi connectivity index (χ2n) is 10.8. The zero-order valence-electron chi connectivity index (χ0n) is 21.9. The highest BCUT2D eigenvalue weighted by molar-refractivity contribution is 6.24. The SMILES string of the molecule is C=C(N)CCc1cc(N(C)C)c2c(c1O)C(O)=C1C(=O)[C@@]3(O)C(O)=C(C(N)=O)C(=O)[C@H](N(C)C)[C@H]3C[C@H]1C2. The molecular weight excluding hydrogens is 492 g/mol. The number of Topliss-reactive ketones (excluding diaryl/α,β-unsaturated/α-hetero) is 2. The van der Waals surface area contributed by atoms with Gasteiger partial charge in [0.2, 0.25) is 5.78 Å². The molecule has 1 aromatic rings. The number of phenolic OH excluding ortho intramolecular Hbond substituents is 1. The molecule has 0 aliphatic heterocycles. The minimum Gasteiger partial charge on any atom is -0.508 e. The smallest absolute Gasteiger partial charge is 0.255 e. The van der Waals surface area contributed by atoms with E-state index in [0.29, 0.717) is 29.7 Å². The molecule has 1 saturated carbocycles. The molecular formula is C27H34N4O7. The van der Waals surface area contributed by atoms with Crippen molar-refractivity contribution in [2.24, 2.45) is 23.3 Å². The number of allylic oxidation sites excluding steroid dienone is 1. The average Bonchev–Trinajstić information content (AvgIpc) is 2.80. The second kappa shape index (κ2) is 9.17. The van der Waals surface area contributed by atoms with Gasteiger partial charge in [-0.3, -0.25) is 19.3 Å². The van der Waals surface area contributed by atoms with Gasteiger partial charge in [-0.2, -0.15) is 0 Å². The van der Waals surface area contributed by atoms with Crippen LogP contribution in [0.15, 0.2) is 35.2 Å². The normalized spacial score (nSPS) is 26.7. The Kier molecular flexibility index (Phi) is 6.57. The van der Waals surface area contributed by atoms with Gasteiger partial charge in [-0.1, -0.05) is 6.58 Å². The number of carbonyl (C=O) groups is 3. The predicted molar refractivity (Wildman–Crippen MR) is 140 cm³/mol. The number of carbonyl (C=O) groups excluding carboxylic acids is 3. The van der Waals surface area contributed by atoms with Crippen molar-refractivity contribution in [2.45, 2.75) is 37.3 Å². The number of fused-ring (bicyclic) bond motifs is 3. The fourth-order valence-electron chi connectivity index (χ4n) is 6.23. The van der Waals surface area contributed by atoms with Gasteiger partial charge in [0.1, 0.15) is 22.8 Å². The van der Waals surface area contributed by atoms with Crippen LogP contribution < -0.4 is 16.4 Å². The number of rotatable bonds is 6. The van der Waals surface area contributed by atoms with Crippen LogP contribution in [0.2, 0.25) is 0 Å². The number of likely N-dealkylation sites (N-methyl/N-ethyl adjacent to an activating group) is 1. The summed E-state index contributed by atoms with van der Waals surface area (Å²) >= 11 is 0. The van der Waals surface area contributed by atoms with Crippen molar-refractivity contribution >= 4 is 28.9 Å². The number of benzene rings is 1. The molecule has 3 aliphatic carbocycles. The zero-order chi connectivity index (χ0) is 28.4. The summed E-state index contributed by atoms with van der Waals surface area (Å²) in [5, 5.41) is 45.3. The van der Waals surface area contributed by atoms with E-state index in [1.54, 1.807) is 20.2 Å². The third-order valence-electron chi connectivity index (χ3n) is 7.97. The Hall–Kier alpha value is -3.83. The maximum Gasteiger partial charge on any atom is 0.255 e. The molecule has 0 unspecified atom stereocenters. The van der Waals surface area contributed by atoms with Crippen molar-refractivity contribution in [3.63, 3.8) is 0 Å². The number of aliphatic hydroxyl groups excluding tert-OH is 2. The van der Waals surface area contributed by atoms with Gasteiger partial charge in [-0.15, -0.1) is 0 Å². The number of hydrogen-bond donors (Lipinski definition) is 6. The van der Waals surface area contributed by atoms with Crippen molar-refractivity contribution in [3.05, 3.63) is 51.9 Å². The second-order valence-corrected chi connectivity index (χ2v) is 10.8. The van der Waals surface area contributed by atoms with Crippen LogP contribution in [0, 0.1) is 11.8 Å². The van der Waals surface area contributed by atoms with E-state index in [1.807, 2.05) is 19.0 Å². The first-order chi connectivity index (χ1) is 17.6. The number of primary amides is 1. The Morgan fingerprint density at radius 1 is 1.16 bits per heavy atom. The Labute approximate surface area is 220 Å². The van der Waals surface area contributed by atoms with Crippen LogP contribution in [0.25, 0.3) is 5.76 Å². The van der Waals surface area contributed by atoms with Crippen molar-refractivity contribution in [2.75, 3.05) is 33.1 Å². The number of ketones is 2. The largest absolute Gasteiger partial charge is 0.508 e. The van der Waals surface area contributed by atoms with Gasteiger partial charge < -0.3 is 36.8 Å². The first-order valence-corrected chi connectivity index (χ1v) is 12.3. The number of nitrogens with two attached hydrogens (primary N) is 2. The summed E-state index contributed by atoms with van der Waals surface area (Å²) in [7, 11) is 6.76. The van der Waals surface area contributed by atoms with Crippen molar-refractivity contribution < 1.29 is 34.8 Å². The third kappa shape index (κ3) is 3.76. The standard InChI is InChI=1S/C27H34N4O7/c1-11(28)6-7-12-10-16(30(2)3)14-8-13-9-15-20(31(4)5)23(34)19(26(29)37)25(36)27(15,38)24(35)17(13)22(33)18(14)21(12)32/h10,13,15,20,32-33,36,38H,1,6-9,28H2,2-5H3,(H2,29,37)/t13-,15-,20-,27-/m1/s1. The van der Waals surface area contributed by atoms with Gasteiger partial charge in [0.05, 0.1) is 11.6 Å². The lowest BCUT2D eigenvalue weighted by atomic mass is 9.57. The minimum absolute atomic E-state index is 0.0359. The lowest BCUT2D eigenvalue weighted by Crippen LogP contribution is -2.65. The molecule has 0 bridgehead atoms. The number of aromatic hydroxyl groups is 1. The molecule has 8 N–H and O–H groups in total. The van der Waals surface area contributed by atoms with E-state index in [9.17, 15) is 34.8 Å². The lowest BCUT2D eigenvalue weighted by molar-refractivity contribution is -0.153. The highest BCUT2D eigenvalue weighted by Gasteiger charge is 2.64. The van der Waals surface area contributed by atoms with Crippen LogP contribution in [0.1, 0.15) is 29.5 Å². The van der Waals surface area contributed by atoms with Crippen LogP contribution in [0.4, 0.5) is 5.69 Å². The summed E-state index contributed by atoms with van der Waals surface area (Å²) in [5.41, 5.74) is 9.67. The molecule has 1 aromatic carbocycles. The summed E-state index contributed by atoms with van der Waals surface area (Å²) in [6.45, 7) is 3.69. The van der Waals surface area contributed by atoms with Gasteiger partial charge in [-0.25, -0.2) is 0 Å². The highest BCUT2D eigenvalue weighted by atomic mass is 16.3. The molecule has 11 heteroatoms. The summed E-state index contributed by atoms with van der Waals surface area (Å²) in [4.78, 5) is 42.5. The van der Waals surface area contributed by atoms with E-state index in [1.165, 1.54) is 4.90 Å². The molecule has 1 amide bonds. The molecule has 0 radical (unpaired) electrons. The zero-order valence-corrected chi connectivity index (χ0v) is 21.9. The van der Waals surface area contributed by atoms with Crippen molar-refractivity contribution in [3.8, 4) is 5.75 Å². The Bertz CT molecular complexity index is 1340. The van der Waals surface area contributed by atoms with Crippen LogP contribution in [-0.4, -0.2) is 82.6 Å². The maximum atomic E-state index is 14.0. The first kappa shape index (κ1) is 27.2. The summed E-state index contributed by atoms with van der Waals surface area (Å²) in [6, 6.07) is 0.678. The van der Waals surface area contributed by atoms with Gasteiger partial charge in [0, 0.05) is 37.0 Å². The topological polar surface area (TPSA) is 191 Å². The fourth-order valence-corrected chi connectivity index (χ4v) is 6.23. The summed E-state index contributed by atoms with van der Waals surface area (Å²) in [6.07, 6.45) is 0.973. The number of hydrogen-bond acceptors (Lipinski definition) is 10. The highest BCUT2D eigenvalue weighted by Crippen LogP contribution is 2.54. The van der Waals surface area contributed by atoms with Gasteiger partial charge >= 0.3 is 0 Å². The van der Waals surface area contributed by atoms with Crippen LogP contribution >= 0.6 is 0 Å². The van der Waals surface area contributed by atoms with Crippen molar-refractivity contribution in [1.29, 1.82) is 0 Å². The predicted octanol–water partition coefficient (Wildman–Crippen LogP) is 0.435. The molecule has 3 aliphatic rings. The molecule has 38 heavy (non-hydrogen) atoms. The third-order valence-corrected chi connectivity index (χ3v) is 7.97. The van der Waals surface area contributed by atoms with E-state index >= 15 is 0 Å². The number of amides is 1. The quantitative estimate of drug-likeness (QED) is 0.283. The number of phenols is 1. The van der Waals surface area contributed by atoms with Gasteiger partial charge in [0.25, 0.3) is 5.91 Å². The van der Waals surface area contributed by atoms with Crippen LogP contribution in [0.3, 0.4) is 0 Å². The minimum atomic E-state index is -2.67. The van der Waals surface area contributed by atoms with E-state index in [2.05, 4.69) is 6.58 Å². The molecule has 0 saturated heterocycles. The summed E-state index contributed by atoms with van der Waals surface area (Å²) < 4.78 is 0. The Morgan fingerprint density at radius 2 is 1.79 bits per heavy atom. The molecule has 11 nitrogen and oxygen atoms in total. The number of nitrogens with zero attached hydrogens (tertiary/aromatic N) is 2. The number of aliphatic hydroxyl groups is 3. The molecule has 204 valence electrons. The van der Waals surface area contributed by atoms with Gasteiger partial charge in [-0.05, 0) is 62.9 Å². The first-order valence-electron chi connectivity index (χ1n) is 12.3. The molecule has 4 atom stereocenters.